The summed E-state index contributed by atoms with van der Waals surface area (Å²) in [4.78, 5) is 26.0. The van der Waals surface area contributed by atoms with Crippen LogP contribution in [0.25, 0.3) is 0 Å². The fourth-order valence-electron chi connectivity index (χ4n) is 3.15. The van der Waals surface area contributed by atoms with Crippen molar-refractivity contribution in [2.24, 2.45) is 5.92 Å². The molecule has 0 aromatic heterocycles. The van der Waals surface area contributed by atoms with E-state index in [1.54, 1.807) is 18.2 Å². The second-order valence-electron chi connectivity index (χ2n) is 6.64. The molecule has 3 rings (SSSR count). The second kappa shape index (κ2) is 7.56. The smallest absolute Gasteiger partial charge is 0.337 e. The van der Waals surface area contributed by atoms with Gasteiger partial charge >= 0.3 is 5.97 Å². The maximum Gasteiger partial charge on any atom is 0.337 e. The van der Waals surface area contributed by atoms with E-state index in [1.807, 2.05) is 0 Å². The predicted molar refractivity (Wildman–Crippen MR) is 98.4 cm³/mol. The molecule has 0 atom stereocenters. The van der Waals surface area contributed by atoms with Gasteiger partial charge in [-0.1, -0.05) is 19.1 Å². The quantitative estimate of drug-likeness (QED) is 0.868. The molecule has 2 aromatic rings. The van der Waals surface area contributed by atoms with Gasteiger partial charge in [0, 0.05) is 18.8 Å². The molecule has 1 saturated heterocycles. The molecule has 1 aliphatic rings. The molecule has 136 valence electrons. The summed E-state index contributed by atoms with van der Waals surface area (Å²) < 4.78 is 13.7. The number of hydrogen-bond acceptors (Lipinski definition) is 3. The largest absolute Gasteiger partial charge is 0.478 e. The highest BCUT2D eigenvalue weighted by Crippen LogP contribution is 2.29. The van der Waals surface area contributed by atoms with E-state index in [4.69, 9.17) is 0 Å². The summed E-state index contributed by atoms with van der Waals surface area (Å²) in [5, 5.41) is 12.1. The Kier molecular flexibility index (Phi) is 5.21. The van der Waals surface area contributed by atoms with Crippen LogP contribution in [0.3, 0.4) is 0 Å². The van der Waals surface area contributed by atoms with Gasteiger partial charge in [-0.2, -0.15) is 0 Å². The van der Waals surface area contributed by atoms with Gasteiger partial charge in [-0.05, 0) is 49.1 Å². The number of benzene rings is 2. The van der Waals surface area contributed by atoms with Crippen molar-refractivity contribution in [1.82, 2.24) is 0 Å². The van der Waals surface area contributed by atoms with Gasteiger partial charge in [0.2, 0.25) is 0 Å². The van der Waals surface area contributed by atoms with Crippen LogP contribution < -0.4 is 10.2 Å². The van der Waals surface area contributed by atoms with Crippen LogP contribution in [0.5, 0.6) is 0 Å². The standard InChI is InChI=1S/C20H21FN2O3/c1-13-8-10-23(11-9-13)18-7-6-14(12-16(18)20(25)26)22-19(24)15-4-2-3-5-17(15)21/h2-7,12-13H,8-11H2,1H3,(H,22,24)(H,25,26). The number of carboxylic acids is 1. The summed E-state index contributed by atoms with van der Waals surface area (Å²) in [7, 11) is 0. The molecule has 2 aromatic carbocycles. The van der Waals surface area contributed by atoms with Crippen molar-refractivity contribution in [3.8, 4) is 0 Å². The lowest BCUT2D eigenvalue weighted by molar-refractivity contribution is 0.0697. The van der Waals surface area contributed by atoms with E-state index >= 15 is 0 Å². The minimum Gasteiger partial charge on any atom is -0.478 e. The third-order valence-electron chi connectivity index (χ3n) is 4.73. The van der Waals surface area contributed by atoms with Crippen LogP contribution in [0, 0.1) is 11.7 Å². The zero-order valence-corrected chi connectivity index (χ0v) is 14.5. The third-order valence-corrected chi connectivity index (χ3v) is 4.73. The van der Waals surface area contributed by atoms with Crippen LogP contribution in [0.1, 0.15) is 40.5 Å². The van der Waals surface area contributed by atoms with E-state index in [1.165, 1.54) is 24.3 Å². The Hall–Kier alpha value is -2.89. The van der Waals surface area contributed by atoms with Crippen molar-refractivity contribution in [2.75, 3.05) is 23.3 Å². The van der Waals surface area contributed by atoms with Crippen LogP contribution in [0.15, 0.2) is 42.5 Å². The number of carbonyl (C=O) groups excluding carboxylic acids is 1. The van der Waals surface area contributed by atoms with Gasteiger partial charge < -0.3 is 15.3 Å². The molecule has 6 heteroatoms. The van der Waals surface area contributed by atoms with Crippen molar-refractivity contribution >= 4 is 23.3 Å². The van der Waals surface area contributed by atoms with Crippen LogP contribution in [-0.4, -0.2) is 30.1 Å². The van der Waals surface area contributed by atoms with Crippen molar-refractivity contribution in [3.05, 3.63) is 59.4 Å². The summed E-state index contributed by atoms with van der Waals surface area (Å²) in [6.07, 6.45) is 2.04. The summed E-state index contributed by atoms with van der Waals surface area (Å²) in [6.45, 7) is 3.81. The topological polar surface area (TPSA) is 69.6 Å². The highest BCUT2D eigenvalue weighted by atomic mass is 19.1. The number of piperidine rings is 1. The number of rotatable bonds is 4. The van der Waals surface area contributed by atoms with Crippen molar-refractivity contribution in [3.63, 3.8) is 0 Å². The number of aromatic carboxylic acids is 1. The molecule has 0 radical (unpaired) electrons. The number of carboxylic acid groups (broad SMARTS) is 1. The van der Waals surface area contributed by atoms with Crippen molar-refractivity contribution < 1.29 is 19.1 Å². The van der Waals surface area contributed by atoms with E-state index < -0.39 is 17.7 Å². The molecule has 0 saturated carbocycles. The molecular formula is C20H21FN2O3. The van der Waals surface area contributed by atoms with Gasteiger partial charge in [0.05, 0.1) is 16.8 Å². The van der Waals surface area contributed by atoms with Gasteiger partial charge in [0.1, 0.15) is 5.82 Å². The fourth-order valence-corrected chi connectivity index (χ4v) is 3.15. The average molecular weight is 356 g/mol. The Morgan fingerprint density at radius 2 is 1.81 bits per heavy atom. The summed E-state index contributed by atoms with van der Waals surface area (Å²) in [6, 6.07) is 10.4. The van der Waals surface area contributed by atoms with E-state index in [2.05, 4.69) is 17.1 Å². The summed E-state index contributed by atoms with van der Waals surface area (Å²) in [5.74, 6) is -1.65. The van der Waals surface area contributed by atoms with Crippen LogP contribution in [0.2, 0.25) is 0 Å². The lowest BCUT2D eigenvalue weighted by Crippen LogP contribution is -2.33. The van der Waals surface area contributed by atoms with Crippen LogP contribution >= 0.6 is 0 Å². The van der Waals surface area contributed by atoms with Crippen LogP contribution in [-0.2, 0) is 0 Å². The molecule has 1 fully saturated rings. The van der Waals surface area contributed by atoms with E-state index in [9.17, 15) is 19.1 Å². The van der Waals surface area contributed by atoms with Gasteiger partial charge in [0.25, 0.3) is 5.91 Å². The monoisotopic (exact) mass is 356 g/mol. The van der Waals surface area contributed by atoms with Crippen molar-refractivity contribution in [2.45, 2.75) is 19.8 Å². The zero-order valence-electron chi connectivity index (χ0n) is 14.5. The lowest BCUT2D eigenvalue weighted by Gasteiger charge is -2.33. The number of halogens is 1. The Balaban J connectivity index is 1.83. The molecule has 2 N–H and O–H groups in total. The number of nitrogens with zero attached hydrogens (tertiary/aromatic N) is 1. The first-order valence-corrected chi connectivity index (χ1v) is 8.64. The molecule has 0 aliphatic carbocycles. The Bertz CT molecular complexity index is 830. The maximum absolute atomic E-state index is 13.7. The molecule has 0 unspecified atom stereocenters. The van der Waals surface area contributed by atoms with Gasteiger partial charge in [-0.3, -0.25) is 4.79 Å². The highest BCUT2D eigenvalue weighted by molar-refractivity contribution is 6.05. The number of carbonyl (C=O) groups is 2. The normalized spacial score (nSPS) is 14.9. The predicted octanol–water partition coefficient (Wildman–Crippen LogP) is 4.01. The van der Waals surface area contributed by atoms with Gasteiger partial charge in [-0.15, -0.1) is 0 Å². The molecule has 1 aliphatic heterocycles. The molecule has 0 spiro atoms. The molecular weight excluding hydrogens is 335 g/mol. The van der Waals surface area contributed by atoms with E-state index in [0.717, 1.165) is 25.9 Å². The number of amides is 1. The molecule has 1 heterocycles. The summed E-state index contributed by atoms with van der Waals surface area (Å²) in [5.41, 5.74) is 1.02. The number of hydrogen-bond donors (Lipinski definition) is 2. The lowest BCUT2D eigenvalue weighted by atomic mass is 9.98. The molecule has 1 amide bonds. The Labute approximate surface area is 151 Å². The summed E-state index contributed by atoms with van der Waals surface area (Å²) >= 11 is 0. The fraction of sp³-hybridized carbons (Fsp3) is 0.300. The van der Waals surface area contributed by atoms with E-state index in [0.29, 0.717) is 17.3 Å². The maximum atomic E-state index is 13.7. The number of nitrogens with one attached hydrogen (secondary N) is 1. The molecule has 0 bridgehead atoms. The Morgan fingerprint density at radius 1 is 1.12 bits per heavy atom. The van der Waals surface area contributed by atoms with Gasteiger partial charge in [0.15, 0.2) is 0 Å². The van der Waals surface area contributed by atoms with Crippen molar-refractivity contribution in [1.29, 1.82) is 0 Å². The highest BCUT2D eigenvalue weighted by Gasteiger charge is 2.21. The SMILES string of the molecule is CC1CCN(c2ccc(NC(=O)c3ccccc3F)cc2C(=O)O)CC1. The second-order valence-corrected chi connectivity index (χ2v) is 6.64. The minimum atomic E-state index is -1.05. The van der Waals surface area contributed by atoms with E-state index in [-0.39, 0.29) is 11.1 Å². The average Bonchev–Trinajstić information content (AvgIpc) is 2.62. The first-order chi connectivity index (χ1) is 12.5. The number of anilines is 2. The third kappa shape index (κ3) is 3.85. The first kappa shape index (κ1) is 17.9. The van der Waals surface area contributed by atoms with Crippen LogP contribution in [0.4, 0.5) is 15.8 Å². The Morgan fingerprint density at radius 3 is 2.46 bits per heavy atom. The zero-order chi connectivity index (χ0) is 18.7. The first-order valence-electron chi connectivity index (χ1n) is 8.64. The van der Waals surface area contributed by atoms with Gasteiger partial charge in [-0.25, -0.2) is 9.18 Å². The molecule has 26 heavy (non-hydrogen) atoms. The molecule has 5 nitrogen and oxygen atoms in total. The minimum absolute atomic E-state index is 0.0848.